The maximum absolute atomic E-state index is 12.2. The Hall–Kier alpha value is -1.40. The molecule has 1 atom stereocenters. The molecule has 132 valence electrons. The first kappa shape index (κ1) is 17.4. The molecule has 2 aliphatic heterocycles. The number of hydrogen-bond acceptors (Lipinski definition) is 4. The molecule has 1 N–H and O–H groups in total. The predicted molar refractivity (Wildman–Crippen MR) is 95.8 cm³/mol. The highest BCUT2D eigenvalue weighted by molar-refractivity contribution is 7.09. The molecule has 0 saturated carbocycles. The van der Waals surface area contributed by atoms with E-state index in [2.05, 4.69) is 17.1 Å². The highest BCUT2D eigenvalue weighted by atomic mass is 32.1. The topological polar surface area (TPSA) is 52.6 Å². The maximum atomic E-state index is 12.2. The fraction of sp³-hybridized carbons (Fsp3) is 0.667. The van der Waals surface area contributed by atoms with Gasteiger partial charge < -0.3 is 10.2 Å². The zero-order chi connectivity index (χ0) is 17.0. The summed E-state index contributed by atoms with van der Waals surface area (Å²) in [6.07, 6.45) is 3.91. The van der Waals surface area contributed by atoms with Crippen molar-refractivity contribution in [3.63, 3.8) is 0 Å². The van der Waals surface area contributed by atoms with Gasteiger partial charge in [0.15, 0.2) is 0 Å². The first-order chi connectivity index (χ1) is 11.6. The molecule has 2 fully saturated rings. The molecule has 0 aliphatic carbocycles. The van der Waals surface area contributed by atoms with Crippen molar-refractivity contribution in [2.45, 2.75) is 39.2 Å². The van der Waals surface area contributed by atoms with Gasteiger partial charge in [0.05, 0.1) is 13.1 Å². The van der Waals surface area contributed by atoms with Crippen molar-refractivity contribution < 1.29 is 9.59 Å². The van der Waals surface area contributed by atoms with Crippen LogP contribution < -0.4 is 5.32 Å². The summed E-state index contributed by atoms with van der Waals surface area (Å²) < 4.78 is 0. The van der Waals surface area contributed by atoms with E-state index in [0.29, 0.717) is 19.5 Å². The average molecular weight is 350 g/mol. The number of carbonyl (C=O) groups is 2. The summed E-state index contributed by atoms with van der Waals surface area (Å²) in [5.74, 6) is 0.383. The predicted octanol–water partition coefficient (Wildman–Crippen LogP) is 2.09. The Bertz CT molecular complexity index is 575. The van der Waals surface area contributed by atoms with E-state index < -0.39 is 0 Å². The van der Waals surface area contributed by atoms with Gasteiger partial charge in [-0.25, -0.2) is 0 Å². The second-order valence-corrected chi connectivity index (χ2v) is 8.11. The zero-order valence-electron chi connectivity index (χ0n) is 14.4. The Morgan fingerprint density at radius 2 is 2.25 bits per heavy atom. The van der Waals surface area contributed by atoms with E-state index >= 15 is 0 Å². The fourth-order valence-corrected chi connectivity index (χ4v) is 4.67. The van der Waals surface area contributed by atoms with Gasteiger partial charge in [0, 0.05) is 36.3 Å². The number of thiophene rings is 1. The molecule has 3 rings (SSSR count). The number of rotatable bonds is 5. The standard InChI is InChI=1S/C18H27N3O2S/c1-2-21-14-18(8-6-17(21)23)7-4-9-20(13-18)12-16(22)19-11-15-5-3-10-24-15/h3,5,10H,2,4,6-9,11-14H2,1H3,(H,19,22)/t18-/m0/s1. The summed E-state index contributed by atoms with van der Waals surface area (Å²) in [7, 11) is 0. The SMILES string of the molecule is CCN1C[C@@]2(CCCN(CC(=O)NCc3cccs3)C2)CCC1=O. The second-order valence-electron chi connectivity index (χ2n) is 7.08. The Kier molecular flexibility index (Phi) is 5.56. The Morgan fingerprint density at radius 1 is 1.38 bits per heavy atom. The number of nitrogens with zero attached hydrogens (tertiary/aromatic N) is 2. The number of likely N-dealkylation sites (tertiary alicyclic amines) is 2. The molecule has 2 amide bonds. The van der Waals surface area contributed by atoms with Crippen LogP contribution in [0, 0.1) is 5.41 Å². The molecule has 1 aromatic heterocycles. The summed E-state index contributed by atoms with van der Waals surface area (Å²) in [5.41, 5.74) is 0.191. The van der Waals surface area contributed by atoms with Gasteiger partial charge in [-0.1, -0.05) is 6.07 Å². The molecule has 3 heterocycles. The van der Waals surface area contributed by atoms with Gasteiger partial charge in [-0.05, 0) is 44.2 Å². The molecule has 5 nitrogen and oxygen atoms in total. The maximum Gasteiger partial charge on any atom is 0.234 e. The summed E-state index contributed by atoms with van der Waals surface area (Å²) in [6, 6.07) is 4.05. The number of hydrogen-bond donors (Lipinski definition) is 1. The van der Waals surface area contributed by atoms with Crippen LogP contribution in [0.2, 0.25) is 0 Å². The second kappa shape index (κ2) is 7.66. The van der Waals surface area contributed by atoms with E-state index in [1.165, 1.54) is 11.3 Å². The zero-order valence-corrected chi connectivity index (χ0v) is 15.2. The van der Waals surface area contributed by atoms with Crippen molar-refractivity contribution in [3.05, 3.63) is 22.4 Å². The van der Waals surface area contributed by atoms with Crippen LogP contribution in [-0.2, 0) is 16.1 Å². The summed E-state index contributed by atoms with van der Waals surface area (Å²) >= 11 is 1.67. The molecule has 2 saturated heterocycles. The normalized spacial score (nSPS) is 25.2. The third kappa shape index (κ3) is 4.16. The minimum atomic E-state index is 0.0969. The number of amides is 2. The van der Waals surface area contributed by atoms with Gasteiger partial charge in [0.25, 0.3) is 0 Å². The van der Waals surface area contributed by atoms with Crippen LogP contribution in [0.5, 0.6) is 0 Å². The van der Waals surface area contributed by atoms with Crippen LogP contribution >= 0.6 is 11.3 Å². The molecule has 0 bridgehead atoms. The minimum absolute atomic E-state index is 0.0969. The van der Waals surface area contributed by atoms with Crippen molar-refractivity contribution in [2.24, 2.45) is 5.41 Å². The van der Waals surface area contributed by atoms with E-state index in [4.69, 9.17) is 0 Å². The van der Waals surface area contributed by atoms with E-state index in [0.717, 1.165) is 39.0 Å². The van der Waals surface area contributed by atoms with Crippen molar-refractivity contribution in [2.75, 3.05) is 32.7 Å². The number of nitrogens with one attached hydrogen (secondary N) is 1. The molecule has 6 heteroatoms. The van der Waals surface area contributed by atoms with Gasteiger partial charge in [0.2, 0.25) is 11.8 Å². The third-order valence-corrected chi connectivity index (χ3v) is 6.15. The van der Waals surface area contributed by atoms with Crippen molar-refractivity contribution in [3.8, 4) is 0 Å². The van der Waals surface area contributed by atoms with Crippen LogP contribution in [0.1, 0.15) is 37.5 Å². The van der Waals surface area contributed by atoms with Crippen molar-refractivity contribution >= 4 is 23.2 Å². The van der Waals surface area contributed by atoms with E-state index in [-0.39, 0.29) is 17.2 Å². The first-order valence-electron chi connectivity index (χ1n) is 8.89. The molecule has 1 aromatic rings. The molecule has 24 heavy (non-hydrogen) atoms. The van der Waals surface area contributed by atoms with Crippen LogP contribution in [0.3, 0.4) is 0 Å². The highest BCUT2D eigenvalue weighted by Gasteiger charge is 2.41. The summed E-state index contributed by atoms with van der Waals surface area (Å²) in [6.45, 7) is 6.70. The lowest BCUT2D eigenvalue weighted by Gasteiger charge is -2.48. The van der Waals surface area contributed by atoms with Gasteiger partial charge in [-0.15, -0.1) is 11.3 Å². The molecule has 0 aromatic carbocycles. The Labute approximate surface area is 148 Å². The largest absolute Gasteiger partial charge is 0.350 e. The molecule has 1 spiro atoms. The van der Waals surface area contributed by atoms with Crippen molar-refractivity contribution in [1.82, 2.24) is 15.1 Å². The summed E-state index contributed by atoms with van der Waals surface area (Å²) in [5, 5.41) is 5.04. The van der Waals surface area contributed by atoms with E-state index in [1.54, 1.807) is 11.3 Å². The van der Waals surface area contributed by atoms with Gasteiger partial charge >= 0.3 is 0 Å². The van der Waals surface area contributed by atoms with Gasteiger partial charge in [0.1, 0.15) is 0 Å². The quantitative estimate of drug-likeness (QED) is 0.886. The average Bonchev–Trinajstić information content (AvgIpc) is 3.09. The number of piperidine rings is 2. The monoisotopic (exact) mass is 349 g/mol. The fourth-order valence-electron chi connectivity index (χ4n) is 4.03. The Morgan fingerprint density at radius 3 is 3.00 bits per heavy atom. The van der Waals surface area contributed by atoms with Gasteiger partial charge in [-0.2, -0.15) is 0 Å². The first-order valence-corrected chi connectivity index (χ1v) is 9.77. The summed E-state index contributed by atoms with van der Waals surface area (Å²) in [4.78, 5) is 29.6. The molecule has 2 aliphatic rings. The van der Waals surface area contributed by atoms with Crippen LogP contribution in [0.4, 0.5) is 0 Å². The van der Waals surface area contributed by atoms with Gasteiger partial charge in [-0.3, -0.25) is 14.5 Å². The molecular weight excluding hydrogens is 322 g/mol. The van der Waals surface area contributed by atoms with Crippen molar-refractivity contribution in [1.29, 1.82) is 0 Å². The molecular formula is C18H27N3O2S. The van der Waals surface area contributed by atoms with Crippen LogP contribution in [-0.4, -0.2) is 54.3 Å². The van der Waals surface area contributed by atoms with Crippen LogP contribution in [0.15, 0.2) is 17.5 Å². The molecule has 0 radical (unpaired) electrons. The van der Waals surface area contributed by atoms with Crippen LogP contribution in [0.25, 0.3) is 0 Å². The number of carbonyl (C=O) groups excluding carboxylic acids is 2. The lowest BCUT2D eigenvalue weighted by Crippen LogP contribution is -2.55. The minimum Gasteiger partial charge on any atom is -0.350 e. The highest BCUT2D eigenvalue weighted by Crippen LogP contribution is 2.38. The lowest BCUT2D eigenvalue weighted by atomic mass is 9.73. The Balaban J connectivity index is 1.51. The smallest absolute Gasteiger partial charge is 0.234 e. The molecule has 0 unspecified atom stereocenters. The lowest BCUT2D eigenvalue weighted by molar-refractivity contribution is -0.139. The van der Waals surface area contributed by atoms with E-state index in [9.17, 15) is 9.59 Å². The van der Waals surface area contributed by atoms with E-state index in [1.807, 2.05) is 22.4 Å². The third-order valence-electron chi connectivity index (χ3n) is 5.28.